The van der Waals surface area contributed by atoms with Gasteiger partial charge in [0.2, 0.25) is 0 Å². The van der Waals surface area contributed by atoms with Gasteiger partial charge in [-0.05, 0) is 75.7 Å². The lowest BCUT2D eigenvalue weighted by molar-refractivity contribution is -0.127. The molecular formula is C34H39N7O2. The zero-order valence-electron chi connectivity index (χ0n) is 25.3. The van der Waals surface area contributed by atoms with Crippen molar-refractivity contribution >= 4 is 22.8 Å². The van der Waals surface area contributed by atoms with Crippen molar-refractivity contribution < 1.29 is 9.53 Å². The molecule has 3 heterocycles. The molecule has 2 aromatic heterocycles. The van der Waals surface area contributed by atoms with Gasteiger partial charge in [0.05, 0.1) is 11.4 Å². The molecule has 43 heavy (non-hydrogen) atoms. The molecule has 0 spiro atoms. The summed E-state index contributed by atoms with van der Waals surface area (Å²) in [5, 5.41) is 10.8. The second-order valence-corrected chi connectivity index (χ2v) is 11.4. The summed E-state index contributed by atoms with van der Waals surface area (Å²) >= 11 is 0. The van der Waals surface area contributed by atoms with E-state index in [4.69, 9.17) is 10.5 Å². The van der Waals surface area contributed by atoms with Gasteiger partial charge in [0.1, 0.15) is 40.9 Å². The highest BCUT2D eigenvalue weighted by molar-refractivity contribution is 6.01. The first-order valence-corrected chi connectivity index (χ1v) is 14.9. The number of rotatable bonds is 10. The first-order valence-electron chi connectivity index (χ1n) is 14.9. The Bertz CT molecular complexity index is 1650. The number of hydrogen-bond acceptors (Lipinski definition) is 7. The SMILES string of the molecule is CCN(CC)C(C)(C)/C=C(/C#N)C(=O)N1CCC[C@H]1Cn1cc(-c2ccc(Oc3ccccc3)cc2)c2c(N)ncnc21. The molecule has 1 amide bonds. The van der Waals surface area contributed by atoms with Gasteiger partial charge in [-0.2, -0.15) is 5.26 Å². The fraction of sp³-hybridized carbons (Fsp3) is 0.353. The Morgan fingerprint density at radius 3 is 2.49 bits per heavy atom. The number of carbonyl (C=O) groups is 1. The number of benzene rings is 2. The second-order valence-electron chi connectivity index (χ2n) is 11.4. The first-order chi connectivity index (χ1) is 20.7. The molecule has 9 nitrogen and oxygen atoms in total. The van der Waals surface area contributed by atoms with E-state index in [0.29, 0.717) is 24.6 Å². The van der Waals surface area contributed by atoms with Crippen LogP contribution in [0.25, 0.3) is 22.2 Å². The average Bonchev–Trinajstić information content (AvgIpc) is 3.63. The number of ether oxygens (including phenoxy) is 1. The number of carbonyl (C=O) groups excluding carboxylic acids is 1. The minimum Gasteiger partial charge on any atom is -0.457 e. The van der Waals surface area contributed by atoms with Crippen molar-refractivity contribution in [2.24, 2.45) is 0 Å². The number of nitrogen functional groups attached to an aromatic ring is 1. The number of para-hydroxylation sites is 1. The molecule has 1 aliphatic rings. The minimum absolute atomic E-state index is 0.0814. The van der Waals surface area contributed by atoms with Crippen LogP contribution in [0, 0.1) is 11.3 Å². The predicted octanol–water partition coefficient (Wildman–Crippen LogP) is 6.03. The molecular weight excluding hydrogens is 538 g/mol. The molecule has 1 saturated heterocycles. The Morgan fingerprint density at radius 2 is 1.81 bits per heavy atom. The van der Waals surface area contributed by atoms with Crippen LogP contribution in [0.1, 0.15) is 40.5 Å². The quantitative estimate of drug-likeness (QED) is 0.181. The number of nitrogens with two attached hydrogens (primary N) is 1. The molecule has 0 unspecified atom stereocenters. The molecule has 0 aliphatic carbocycles. The van der Waals surface area contributed by atoms with E-state index >= 15 is 0 Å². The first kappa shape index (κ1) is 29.8. The maximum Gasteiger partial charge on any atom is 0.264 e. The third-order valence-corrected chi connectivity index (χ3v) is 8.30. The maximum atomic E-state index is 13.7. The number of likely N-dealkylation sites (tertiary alicyclic amines) is 1. The van der Waals surface area contributed by atoms with Crippen LogP contribution in [0.2, 0.25) is 0 Å². The molecule has 0 bridgehead atoms. The Kier molecular flexibility index (Phi) is 8.78. The van der Waals surface area contributed by atoms with Gasteiger partial charge in [-0.3, -0.25) is 9.69 Å². The molecule has 2 N–H and O–H groups in total. The predicted molar refractivity (Wildman–Crippen MR) is 169 cm³/mol. The van der Waals surface area contributed by atoms with Crippen LogP contribution in [-0.2, 0) is 11.3 Å². The summed E-state index contributed by atoms with van der Waals surface area (Å²) in [6.07, 6.45) is 7.04. The van der Waals surface area contributed by atoms with Crippen LogP contribution in [-0.4, -0.2) is 61.5 Å². The monoisotopic (exact) mass is 577 g/mol. The molecule has 0 radical (unpaired) electrons. The molecule has 5 rings (SSSR count). The van der Waals surface area contributed by atoms with Gasteiger partial charge in [0.15, 0.2) is 0 Å². The van der Waals surface area contributed by atoms with E-state index in [1.807, 2.05) is 85.6 Å². The fourth-order valence-electron chi connectivity index (χ4n) is 6.13. The normalized spacial score (nSPS) is 15.7. The third kappa shape index (κ3) is 6.25. The number of fused-ring (bicyclic) bond motifs is 1. The van der Waals surface area contributed by atoms with E-state index in [1.54, 1.807) is 0 Å². The molecule has 1 atom stereocenters. The molecule has 2 aromatic carbocycles. The van der Waals surface area contributed by atoms with Crippen LogP contribution < -0.4 is 10.5 Å². The summed E-state index contributed by atoms with van der Waals surface area (Å²) in [6.45, 7) is 11.1. The van der Waals surface area contributed by atoms with Crippen molar-refractivity contribution in [2.75, 3.05) is 25.4 Å². The van der Waals surface area contributed by atoms with Gasteiger partial charge in [-0.1, -0.05) is 44.2 Å². The van der Waals surface area contributed by atoms with Gasteiger partial charge in [0.25, 0.3) is 5.91 Å². The number of anilines is 1. The lowest BCUT2D eigenvalue weighted by atomic mass is 9.98. The van der Waals surface area contributed by atoms with Gasteiger partial charge < -0.3 is 19.9 Å². The number of hydrogen-bond donors (Lipinski definition) is 1. The number of nitrogens with zero attached hydrogens (tertiary/aromatic N) is 6. The van der Waals surface area contributed by atoms with E-state index in [0.717, 1.165) is 53.9 Å². The zero-order valence-corrected chi connectivity index (χ0v) is 25.3. The lowest BCUT2D eigenvalue weighted by Crippen LogP contribution is -2.44. The standard InChI is InChI=1S/C34H39N7O2/c1-5-40(6-2)34(3,4)19-25(20-35)33(42)41-18-10-11-26(41)21-39-22-29(30-31(36)37-23-38-32(30)39)24-14-16-28(17-15-24)43-27-12-8-7-9-13-27/h7-9,12-17,19,22-23,26H,5-6,10-11,18,21H2,1-4H3,(H2,36,37,38)/b25-19-/t26-/m0/s1. The van der Waals surface area contributed by atoms with E-state index in [-0.39, 0.29) is 17.5 Å². The zero-order chi connectivity index (χ0) is 30.6. The van der Waals surface area contributed by atoms with Crippen molar-refractivity contribution in [3.8, 4) is 28.7 Å². The van der Waals surface area contributed by atoms with E-state index in [9.17, 15) is 10.1 Å². The maximum absolute atomic E-state index is 13.7. The summed E-state index contributed by atoms with van der Waals surface area (Å²) in [5.74, 6) is 1.68. The Balaban J connectivity index is 1.42. The van der Waals surface area contributed by atoms with Crippen molar-refractivity contribution in [2.45, 2.75) is 58.7 Å². The van der Waals surface area contributed by atoms with Gasteiger partial charge >= 0.3 is 0 Å². The number of aromatic nitrogens is 3. The molecule has 222 valence electrons. The largest absolute Gasteiger partial charge is 0.457 e. The van der Waals surface area contributed by atoms with Crippen LogP contribution in [0.4, 0.5) is 5.82 Å². The van der Waals surface area contributed by atoms with Gasteiger partial charge in [0, 0.05) is 30.4 Å². The molecule has 9 heteroatoms. The van der Waals surface area contributed by atoms with Crippen molar-refractivity contribution in [1.29, 1.82) is 5.26 Å². The third-order valence-electron chi connectivity index (χ3n) is 8.30. The molecule has 1 aliphatic heterocycles. The van der Waals surface area contributed by atoms with Gasteiger partial charge in [-0.15, -0.1) is 0 Å². The highest BCUT2D eigenvalue weighted by atomic mass is 16.5. The minimum atomic E-state index is -0.416. The highest BCUT2D eigenvalue weighted by Crippen LogP contribution is 2.35. The summed E-state index contributed by atoms with van der Waals surface area (Å²) in [7, 11) is 0. The van der Waals surface area contributed by atoms with Crippen molar-refractivity contribution in [3.05, 3.63) is 78.8 Å². The van der Waals surface area contributed by atoms with Crippen LogP contribution in [0.5, 0.6) is 11.5 Å². The number of nitriles is 1. The van der Waals surface area contributed by atoms with Crippen molar-refractivity contribution in [3.63, 3.8) is 0 Å². The molecule has 1 fully saturated rings. The topological polar surface area (TPSA) is 113 Å². The highest BCUT2D eigenvalue weighted by Gasteiger charge is 2.33. The van der Waals surface area contributed by atoms with E-state index in [2.05, 4.69) is 39.4 Å². The Labute approximate surface area is 253 Å². The summed E-state index contributed by atoms with van der Waals surface area (Å²) < 4.78 is 8.03. The Hall–Kier alpha value is -4.68. The van der Waals surface area contributed by atoms with E-state index in [1.165, 1.54) is 6.33 Å². The fourth-order valence-corrected chi connectivity index (χ4v) is 6.13. The molecule has 4 aromatic rings. The summed E-state index contributed by atoms with van der Waals surface area (Å²) in [5.41, 5.74) is 8.74. The summed E-state index contributed by atoms with van der Waals surface area (Å²) in [6, 6.07) is 19.6. The molecule has 0 saturated carbocycles. The number of likely N-dealkylation sites (N-methyl/N-ethyl adjacent to an activating group) is 1. The van der Waals surface area contributed by atoms with Crippen molar-refractivity contribution in [1.82, 2.24) is 24.3 Å². The van der Waals surface area contributed by atoms with Gasteiger partial charge in [-0.25, -0.2) is 9.97 Å². The summed E-state index contributed by atoms with van der Waals surface area (Å²) in [4.78, 5) is 26.6. The smallest absolute Gasteiger partial charge is 0.264 e. The lowest BCUT2D eigenvalue weighted by Gasteiger charge is -2.35. The average molecular weight is 578 g/mol. The van der Waals surface area contributed by atoms with E-state index < -0.39 is 5.54 Å². The number of amides is 1. The van der Waals surface area contributed by atoms with Crippen LogP contribution in [0.15, 0.2) is 78.8 Å². The second kappa shape index (κ2) is 12.7. The Morgan fingerprint density at radius 1 is 1.12 bits per heavy atom. The van der Waals surface area contributed by atoms with Crippen LogP contribution >= 0.6 is 0 Å². The van der Waals surface area contributed by atoms with Crippen LogP contribution in [0.3, 0.4) is 0 Å².